The van der Waals surface area contributed by atoms with Crippen molar-refractivity contribution >= 4 is 17.4 Å². The fraction of sp³-hybridized carbons (Fsp3) is 0.421. The van der Waals surface area contributed by atoms with Crippen LogP contribution >= 0.6 is 11.3 Å². The van der Waals surface area contributed by atoms with Crippen molar-refractivity contribution in [3.05, 3.63) is 52.2 Å². The van der Waals surface area contributed by atoms with E-state index in [1.807, 2.05) is 24.3 Å². The molecule has 4 nitrogen and oxygen atoms in total. The number of rotatable bonds is 6. The molecule has 0 spiro atoms. The Bertz CT molecular complexity index is 647. The zero-order chi connectivity index (χ0) is 16.8. The van der Waals surface area contributed by atoms with E-state index in [1.165, 1.54) is 17.7 Å². The second kappa shape index (κ2) is 7.71. The van der Waals surface area contributed by atoms with Gasteiger partial charge in [-0.2, -0.15) is 0 Å². The summed E-state index contributed by atoms with van der Waals surface area (Å²) in [6, 6.07) is 11.9. The molecule has 0 aliphatic heterocycles. The molecule has 2 aromatic rings. The molecule has 1 saturated carbocycles. The molecule has 0 unspecified atom stereocenters. The van der Waals surface area contributed by atoms with E-state index in [9.17, 15) is 4.79 Å². The van der Waals surface area contributed by atoms with E-state index >= 15 is 0 Å². The van der Waals surface area contributed by atoms with E-state index < -0.39 is 0 Å². The third-order valence-electron chi connectivity index (χ3n) is 4.80. The fourth-order valence-corrected chi connectivity index (χ4v) is 4.37. The lowest BCUT2D eigenvalue weighted by Gasteiger charge is -2.28. The predicted octanol–water partition coefficient (Wildman–Crippen LogP) is 4.07. The molecule has 1 fully saturated rings. The molecule has 1 heterocycles. The van der Waals surface area contributed by atoms with Gasteiger partial charge in [0, 0.05) is 23.4 Å². The van der Waals surface area contributed by atoms with Crippen molar-refractivity contribution in [1.29, 1.82) is 0 Å². The van der Waals surface area contributed by atoms with Gasteiger partial charge in [-0.1, -0.05) is 31.0 Å². The van der Waals surface area contributed by atoms with E-state index in [2.05, 4.69) is 28.1 Å². The number of benzene rings is 1. The summed E-state index contributed by atoms with van der Waals surface area (Å²) in [6.07, 6.45) is 4.80. The number of hydrogen-bond acceptors (Lipinski definition) is 3. The van der Waals surface area contributed by atoms with Gasteiger partial charge in [-0.25, -0.2) is 4.79 Å². The van der Waals surface area contributed by atoms with Gasteiger partial charge in [0.1, 0.15) is 5.75 Å². The van der Waals surface area contributed by atoms with Crippen molar-refractivity contribution in [2.24, 2.45) is 0 Å². The van der Waals surface area contributed by atoms with E-state index in [0.717, 1.165) is 24.2 Å². The summed E-state index contributed by atoms with van der Waals surface area (Å²) in [4.78, 5) is 13.6. The highest BCUT2D eigenvalue weighted by molar-refractivity contribution is 7.10. The molecule has 0 radical (unpaired) electrons. The first kappa shape index (κ1) is 16.8. The number of nitrogens with one attached hydrogen (secondary N) is 2. The number of carbonyl (C=O) groups is 1. The van der Waals surface area contributed by atoms with Crippen LogP contribution in [0.1, 0.15) is 36.1 Å². The quantitative estimate of drug-likeness (QED) is 0.830. The van der Waals surface area contributed by atoms with Gasteiger partial charge in [0.05, 0.1) is 7.11 Å². The first-order chi connectivity index (χ1) is 11.7. The van der Waals surface area contributed by atoms with Crippen LogP contribution in [0.15, 0.2) is 41.8 Å². The Hall–Kier alpha value is -2.01. The summed E-state index contributed by atoms with van der Waals surface area (Å²) in [6.45, 7) is 1.23. The van der Waals surface area contributed by atoms with Crippen molar-refractivity contribution in [2.75, 3.05) is 13.7 Å². The van der Waals surface area contributed by atoms with Gasteiger partial charge in [-0.15, -0.1) is 11.3 Å². The van der Waals surface area contributed by atoms with Gasteiger partial charge >= 0.3 is 6.03 Å². The second-order valence-corrected chi connectivity index (χ2v) is 7.30. The van der Waals surface area contributed by atoms with E-state index in [-0.39, 0.29) is 11.4 Å². The molecular formula is C19H24N2O2S. The largest absolute Gasteiger partial charge is 0.497 e. The molecule has 1 aliphatic rings. The topological polar surface area (TPSA) is 50.4 Å². The van der Waals surface area contributed by atoms with Gasteiger partial charge in [0.25, 0.3) is 0 Å². The Morgan fingerprint density at radius 1 is 1.17 bits per heavy atom. The van der Waals surface area contributed by atoms with Crippen LogP contribution in [0.3, 0.4) is 0 Å². The molecule has 5 heteroatoms. The van der Waals surface area contributed by atoms with Crippen LogP contribution in [0, 0.1) is 0 Å². The summed E-state index contributed by atoms with van der Waals surface area (Å²) in [5.74, 6) is 0.822. The second-order valence-electron chi connectivity index (χ2n) is 6.35. The van der Waals surface area contributed by atoms with Crippen molar-refractivity contribution in [2.45, 2.75) is 37.6 Å². The highest BCUT2D eigenvalue weighted by Crippen LogP contribution is 2.42. The zero-order valence-electron chi connectivity index (χ0n) is 14.0. The maximum atomic E-state index is 12.2. The number of ether oxygens (including phenoxy) is 1. The molecule has 0 atom stereocenters. The maximum Gasteiger partial charge on any atom is 0.315 e. The Kier molecular flexibility index (Phi) is 5.41. The van der Waals surface area contributed by atoms with Crippen LogP contribution in [0.5, 0.6) is 5.75 Å². The lowest BCUT2D eigenvalue weighted by molar-refractivity contribution is 0.237. The maximum absolute atomic E-state index is 12.2. The summed E-state index contributed by atoms with van der Waals surface area (Å²) >= 11 is 1.80. The van der Waals surface area contributed by atoms with Crippen molar-refractivity contribution in [1.82, 2.24) is 10.6 Å². The molecular weight excluding hydrogens is 320 g/mol. The van der Waals surface area contributed by atoms with Crippen LogP contribution in [0.25, 0.3) is 0 Å². The van der Waals surface area contributed by atoms with Crippen LogP contribution in [-0.2, 0) is 12.0 Å². The van der Waals surface area contributed by atoms with Crippen molar-refractivity contribution in [3.63, 3.8) is 0 Å². The minimum Gasteiger partial charge on any atom is -0.497 e. The van der Waals surface area contributed by atoms with E-state index in [1.54, 1.807) is 18.4 Å². The number of amides is 2. The lowest BCUT2D eigenvalue weighted by Crippen LogP contribution is -2.43. The molecule has 0 bridgehead atoms. The van der Waals surface area contributed by atoms with E-state index in [0.29, 0.717) is 13.1 Å². The van der Waals surface area contributed by atoms with Gasteiger partial charge in [-0.3, -0.25) is 0 Å². The molecule has 128 valence electrons. The minimum atomic E-state index is -0.103. The molecule has 1 aromatic carbocycles. The van der Waals surface area contributed by atoms with Crippen molar-refractivity contribution < 1.29 is 9.53 Å². The number of carbonyl (C=O) groups excluding carboxylic acids is 1. The highest BCUT2D eigenvalue weighted by Gasteiger charge is 2.36. The standard InChI is InChI=1S/C19H24N2O2S/c1-23-16-8-6-15(7-9-16)13-20-18(22)21-14-19(10-2-3-11-19)17-5-4-12-24-17/h4-9,12H,2-3,10-11,13-14H2,1H3,(H2,20,21,22). The predicted molar refractivity (Wildman–Crippen MR) is 97.7 cm³/mol. The Morgan fingerprint density at radius 3 is 2.54 bits per heavy atom. The molecule has 0 saturated heterocycles. The smallest absolute Gasteiger partial charge is 0.315 e. The molecule has 3 rings (SSSR count). The first-order valence-corrected chi connectivity index (χ1v) is 9.28. The van der Waals surface area contributed by atoms with Crippen LogP contribution in [-0.4, -0.2) is 19.7 Å². The summed E-state index contributed by atoms with van der Waals surface area (Å²) in [5.41, 5.74) is 1.19. The fourth-order valence-electron chi connectivity index (χ4n) is 3.38. The zero-order valence-corrected chi connectivity index (χ0v) is 14.8. The summed E-state index contributed by atoms with van der Waals surface area (Å²) < 4.78 is 5.14. The molecule has 1 aromatic heterocycles. The minimum absolute atomic E-state index is 0.103. The summed E-state index contributed by atoms with van der Waals surface area (Å²) in [7, 11) is 1.65. The van der Waals surface area contributed by atoms with E-state index in [4.69, 9.17) is 4.74 Å². The van der Waals surface area contributed by atoms with Crippen LogP contribution in [0.4, 0.5) is 4.79 Å². The molecule has 24 heavy (non-hydrogen) atoms. The average molecular weight is 344 g/mol. The third kappa shape index (κ3) is 3.90. The third-order valence-corrected chi connectivity index (χ3v) is 5.92. The number of urea groups is 1. The molecule has 2 N–H and O–H groups in total. The lowest BCUT2D eigenvalue weighted by atomic mass is 9.84. The van der Waals surface area contributed by atoms with Crippen molar-refractivity contribution in [3.8, 4) is 5.75 Å². The number of hydrogen-bond donors (Lipinski definition) is 2. The van der Waals surface area contributed by atoms with Gasteiger partial charge in [-0.05, 0) is 42.0 Å². The highest BCUT2D eigenvalue weighted by atomic mass is 32.1. The number of methoxy groups -OCH3 is 1. The van der Waals surface area contributed by atoms with Crippen LogP contribution in [0.2, 0.25) is 0 Å². The van der Waals surface area contributed by atoms with Gasteiger partial charge < -0.3 is 15.4 Å². The molecule has 2 amide bonds. The van der Waals surface area contributed by atoms with Gasteiger partial charge in [0.15, 0.2) is 0 Å². The summed E-state index contributed by atoms with van der Waals surface area (Å²) in [5, 5.41) is 8.14. The Morgan fingerprint density at radius 2 is 1.92 bits per heavy atom. The monoisotopic (exact) mass is 344 g/mol. The Labute approximate surface area is 147 Å². The molecule has 1 aliphatic carbocycles. The first-order valence-electron chi connectivity index (χ1n) is 8.40. The van der Waals surface area contributed by atoms with Gasteiger partial charge in [0.2, 0.25) is 0 Å². The number of thiophene rings is 1. The normalized spacial score (nSPS) is 15.9. The SMILES string of the molecule is COc1ccc(CNC(=O)NCC2(c3cccs3)CCCC2)cc1. The average Bonchev–Trinajstić information content (AvgIpc) is 3.30. The Balaban J connectivity index is 1.51. The van der Waals surface area contributed by atoms with Crippen LogP contribution < -0.4 is 15.4 Å².